The quantitative estimate of drug-likeness (QED) is 0.728. The summed E-state index contributed by atoms with van der Waals surface area (Å²) in [6.07, 6.45) is 3.50. The van der Waals surface area contributed by atoms with E-state index in [1.54, 1.807) is 60.5 Å². The predicted molar refractivity (Wildman–Crippen MR) is 102 cm³/mol. The minimum Gasteiger partial charge on any atom is -0.495 e. The van der Waals surface area contributed by atoms with Crippen LogP contribution in [0.5, 0.6) is 5.75 Å². The molecule has 1 aliphatic carbocycles. The number of carbonyl (C=O) groups excluding carboxylic acids is 2. The van der Waals surface area contributed by atoms with Crippen molar-refractivity contribution in [1.82, 2.24) is 0 Å². The molecular weight excluding hydrogens is 340 g/mol. The molecule has 1 N–H and O–H groups in total. The van der Waals surface area contributed by atoms with E-state index in [4.69, 9.17) is 4.74 Å². The summed E-state index contributed by atoms with van der Waals surface area (Å²) in [4.78, 5) is 26.4. The normalized spacial score (nSPS) is 13.4. The zero-order chi connectivity index (χ0) is 18.8. The second-order valence-corrected chi connectivity index (χ2v) is 6.04. The van der Waals surface area contributed by atoms with Crippen LogP contribution in [0.3, 0.4) is 0 Å². The van der Waals surface area contributed by atoms with E-state index >= 15 is 0 Å². The molecule has 0 unspecified atom stereocenters. The average Bonchev–Trinajstić information content (AvgIpc) is 2.73. The highest BCUT2D eigenvalue weighted by molar-refractivity contribution is 6.36. The van der Waals surface area contributed by atoms with E-state index in [2.05, 4.69) is 5.32 Å². The fourth-order valence-electron chi connectivity index (χ4n) is 3.16. The van der Waals surface area contributed by atoms with Crippen LogP contribution in [0.2, 0.25) is 0 Å². The van der Waals surface area contributed by atoms with Gasteiger partial charge in [0.25, 0.3) is 11.5 Å². The van der Waals surface area contributed by atoms with Gasteiger partial charge in [-0.2, -0.15) is 4.57 Å². The molecule has 4 rings (SSSR count). The lowest BCUT2D eigenvalue weighted by atomic mass is 9.90. The van der Waals surface area contributed by atoms with Crippen molar-refractivity contribution >= 4 is 23.0 Å². The first-order valence-corrected chi connectivity index (χ1v) is 8.50. The van der Waals surface area contributed by atoms with Gasteiger partial charge in [-0.25, -0.2) is 0 Å². The summed E-state index contributed by atoms with van der Waals surface area (Å²) < 4.78 is 7.03. The Kier molecular flexibility index (Phi) is 4.26. The number of nitrogens with zero attached hydrogens (tertiary/aromatic N) is 1. The molecule has 1 aliphatic rings. The van der Waals surface area contributed by atoms with E-state index in [1.807, 2.05) is 30.3 Å². The van der Waals surface area contributed by atoms with Crippen molar-refractivity contribution in [1.29, 1.82) is 0 Å². The number of ether oxygens (including phenoxy) is 1. The van der Waals surface area contributed by atoms with Gasteiger partial charge >= 0.3 is 0 Å². The maximum atomic E-state index is 13.2. The van der Waals surface area contributed by atoms with Gasteiger partial charge in [0.1, 0.15) is 5.75 Å². The summed E-state index contributed by atoms with van der Waals surface area (Å²) in [6, 6.07) is 19.6. The molecule has 2 aromatic carbocycles. The molecule has 0 saturated heterocycles. The summed E-state index contributed by atoms with van der Waals surface area (Å²) in [5.41, 5.74) is 1.91. The van der Waals surface area contributed by atoms with Crippen LogP contribution in [-0.4, -0.2) is 18.7 Å². The SMILES string of the molecule is COc1ccccc1NC1=C([n+]2ccccc2)C(=O)c2ccccc2C1=O. The van der Waals surface area contributed by atoms with Crippen LogP contribution >= 0.6 is 0 Å². The Morgan fingerprint density at radius 3 is 2.11 bits per heavy atom. The maximum absolute atomic E-state index is 13.2. The molecule has 0 saturated carbocycles. The molecule has 1 heterocycles. The van der Waals surface area contributed by atoms with Crippen LogP contribution < -0.4 is 14.6 Å². The molecular formula is C22H17N2O3+. The molecule has 27 heavy (non-hydrogen) atoms. The van der Waals surface area contributed by atoms with Gasteiger partial charge in [0.2, 0.25) is 5.78 Å². The zero-order valence-corrected chi connectivity index (χ0v) is 14.7. The fraction of sp³-hybridized carbons (Fsp3) is 0.0455. The number of nitrogens with one attached hydrogen (secondary N) is 1. The Hall–Kier alpha value is -3.73. The highest BCUT2D eigenvalue weighted by Crippen LogP contribution is 2.30. The maximum Gasteiger partial charge on any atom is 0.286 e. The number of para-hydroxylation sites is 2. The van der Waals surface area contributed by atoms with Crippen molar-refractivity contribution in [2.24, 2.45) is 0 Å². The summed E-state index contributed by atoms with van der Waals surface area (Å²) in [6.45, 7) is 0. The Morgan fingerprint density at radius 1 is 0.778 bits per heavy atom. The molecule has 0 amide bonds. The largest absolute Gasteiger partial charge is 0.495 e. The first-order chi connectivity index (χ1) is 13.2. The number of ketones is 2. The molecule has 0 aliphatic heterocycles. The monoisotopic (exact) mass is 357 g/mol. The number of hydrogen-bond acceptors (Lipinski definition) is 4. The van der Waals surface area contributed by atoms with Gasteiger partial charge in [0.05, 0.1) is 12.8 Å². The molecule has 3 aromatic rings. The lowest BCUT2D eigenvalue weighted by Crippen LogP contribution is -2.41. The molecule has 0 fully saturated rings. The summed E-state index contributed by atoms with van der Waals surface area (Å²) in [5, 5.41) is 3.13. The summed E-state index contributed by atoms with van der Waals surface area (Å²) in [7, 11) is 1.56. The fourth-order valence-corrected chi connectivity index (χ4v) is 3.16. The van der Waals surface area contributed by atoms with Crippen LogP contribution in [0.15, 0.2) is 84.8 Å². The number of rotatable bonds is 4. The second-order valence-electron chi connectivity index (χ2n) is 6.04. The van der Waals surface area contributed by atoms with Gasteiger partial charge in [-0.15, -0.1) is 0 Å². The highest BCUT2D eigenvalue weighted by atomic mass is 16.5. The predicted octanol–water partition coefficient (Wildman–Crippen LogP) is 3.34. The third kappa shape index (κ3) is 2.89. The lowest BCUT2D eigenvalue weighted by Gasteiger charge is -2.19. The number of fused-ring (bicyclic) bond motifs is 1. The number of pyridine rings is 1. The molecule has 5 nitrogen and oxygen atoms in total. The smallest absolute Gasteiger partial charge is 0.286 e. The van der Waals surface area contributed by atoms with E-state index < -0.39 is 0 Å². The van der Waals surface area contributed by atoms with Crippen LogP contribution in [0.25, 0.3) is 5.70 Å². The summed E-state index contributed by atoms with van der Waals surface area (Å²) >= 11 is 0. The number of hydrogen-bond donors (Lipinski definition) is 1. The molecule has 0 radical (unpaired) electrons. The minimum absolute atomic E-state index is 0.209. The highest BCUT2D eigenvalue weighted by Gasteiger charge is 2.38. The van der Waals surface area contributed by atoms with Crippen molar-refractivity contribution in [3.05, 3.63) is 95.9 Å². The number of anilines is 1. The molecule has 0 spiro atoms. The van der Waals surface area contributed by atoms with Crippen LogP contribution in [0.1, 0.15) is 20.7 Å². The summed E-state index contributed by atoms with van der Waals surface area (Å²) in [5.74, 6) is 0.141. The van der Waals surface area contributed by atoms with E-state index in [9.17, 15) is 9.59 Å². The lowest BCUT2D eigenvalue weighted by molar-refractivity contribution is -0.577. The number of aromatic nitrogens is 1. The molecule has 1 aromatic heterocycles. The molecule has 0 atom stereocenters. The van der Waals surface area contributed by atoms with Crippen molar-refractivity contribution in [3.63, 3.8) is 0 Å². The molecule has 132 valence electrons. The van der Waals surface area contributed by atoms with Crippen molar-refractivity contribution < 1.29 is 18.9 Å². The Labute approximate surface area is 156 Å². The van der Waals surface area contributed by atoms with Gasteiger partial charge in [-0.05, 0) is 12.1 Å². The Balaban J connectivity index is 1.93. The number of Topliss-reactive ketones (excluding diaryl/α,β-unsaturated/α-hetero) is 2. The van der Waals surface area contributed by atoms with Crippen LogP contribution in [-0.2, 0) is 0 Å². The number of methoxy groups -OCH3 is 1. The number of allylic oxidation sites excluding steroid dienone is 2. The van der Waals surface area contributed by atoms with Crippen molar-refractivity contribution in [2.75, 3.05) is 12.4 Å². The Morgan fingerprint density at radius 2 is 1.41 bits per heavy atom. The van der Waals surface area contributed by atoms with Gasteiger partial charge in [0.15, 0.2) is 18.1 Å². The minimum atomic E-state index is -0.234. The van der Waals surface area contributed by atoms with Gasteiger partial charge in [-0.1, -0.05) is 42.5 Å². The first-order valence-electron chi connectivity index (χ1n) is 8.50. The Bertz CT molecular complexity index is 1070. The topological polar surface area (TPSA) is 59.3 Å². The van der Waals surface area contributed by atoms with E-state index in [0.717, 1.165) is 0 Å². The third-order valence-corrected chi connectivity index (χ3v) is 4.44. The third-order valence-electron chi connectivity index (χ3n) is 4.44. The van der Waals surface area contributed by atoms with Crippen molar-refractivity contribution in [3.8, 4) is 5.75 Å². The number of benzene rings is 2. The van der Waals surface area contributed by atoms with Gasteiger partial charge < -0.3 is 10.1 Å². The van der Waals surface area contributed by atoms with Crippen molar-refractivity contribution in [2.45, 2.75) is 0 Å². The average molecular weight is 357 g/mol. The molecule has 5 heteroatoms. The van der Waals surface area contributed by atoms with Crippen LogP contribution in [0.4, 0.5) is 5.69 Å². The standard InChI is InChI=1S/C22H16N2O3/c1-27-18-12-6-5-11-17(18)23-19-20(24-13-7-2-8-14-24)22(26)16-10-4-3-9-15(16)21(19)25/h2-14H,1H3/p+1. The second kappa shape index (κ2) is 6.88. The first kappa shape index (κ1) is 16.7. The van der Waals surface area contributed by atoms with Gasteiger partial charge in [-0.3, -0.25) is 9.59 Å². The van der Waals surface area contributed by atoms with E-state index in [-0.39, 0.29) is 23.0 Å². The van der Waals surface area contributed by atoms with Gasteiger partial charge in [0, 0.05) is 23.3 Å². The van der Waals surface area contributed by atoms with E-state index in [0.29, 0.717) is 22.6 Å². The molecule has 0 bridgehead atoms. The van der Waals surface area contributed by atoms with E-state index in [1.165, 1.54) is 0 Å². The zero-order valence-electron chi connectivity index (χ0n) is 14.7. The number of carbonyl (C=O) groups is 2. The van der Waals surface area contributed by atoms with Crippen LogP contribution in [0, 0.1) is 0 Å².